The topological polar surface area (TPSA) is 67.9 Å². The Morgan fingerprint density at radius 3 is 1.00 bits per heavy atom. The Morgan fingerprint density at radius 1 is 0.250 bits per heavy atom. The number of fused-ring (bicyclic) bond motifs is 4. The first-order valence-electron chi connectivity index (χ1n) is 21.3. The number of nitrogens with zero attached hydrogens (tertiary/aromatic N) is 8. The molecule has 8 nitrogen and oxygen atoms in total. The van der Waals surface area contributed by atoms with Crippen molar-refractivity contribution in [1.82, 2.24) is 30.0 Å². The minimum absolute atomic E-state index is 0.819. The molecular weight excluding hydrogens is 785 g/mol. The van der Waals surface area contributed by atoms with Crippen LogP contribution in [0.1, 0.15) is 0 Å². The van der Waals surface area contributed by atoms with Crippen molar-refractivity contribution in [2.24, 2.45) is 0 Å². The van der Waals surface area contributed by atoms with Gasteiger partial charge in [-0.05, 0) is 142 Å². The number of hydrogen-bond donors (Lipinski definition) is 0. The van der Waals surface area contributed by atoms with E-state index in [0.717, 1.165) is 78.7 Å². The molecule has 0 spiro atoms. The number of aromatic nitrogens is 6. The molecule has 0 saturated heterocycles. The quantitative estimate of drug-likeness (QED) is 0.144. The third-order valence-corrected chi connectivity index (χ3v) is 11.8. The smallest absolute Gasteiger partial charge is 0.115 e. The fraction of sp³-hybridized carbons (Fsp3) is 0. The van der Waals surface area contributed by atoms with Crippen molar-refractivity contribution < 1.29 is 0 Å². The Morgan fingerprint density at radius 2 is 0.578 bits per heavy atom. The molecule has 302 valence electrons. The van der Waals surface area contributed by atoms with Crippen LogP contribution in [-0.4, -0.2) is 30.0 Å². The van der Waals surface area contributed by atoms with Crippen LogP contribution < -0.4 is 9.80 Å². The second-order valence-corrected chi connectivity index (χ2v) is 15.8. The summed E-state index contributed by atoms with van der Waals surface area (Å²) in [6.45, 7) is 0. The van der Waals surface area contributed by atoms with Gasteiger partial charge in [0.05, 0.1) is 11.4 Å². The lowest BCUT2D eigenvalue weighted by Crippen LogP contribution is -2.10. The fourth-order valence-corrected chi connectivity index (χ4v) is 8.57. The minimum atomic E-state index is 0.819. The molecular formula is C56H38N8. The lowest BCUT2D eigenvalue weighted by atomic mass is 10.0. The number of anilines is 6. The summed E-state index contributed by atoms with van der Waals surface area (Å²) in [6.07, 6.45) is 0. The van der Waals surface area contributed by atoms with Crippen molar-refractivity contribution in [1.29, 1.82) is 0 Å². The van der Waals surface area contributed by atoms with E-state index in [9.17, 15) is 0 Å². The fourth-order valence-electron chi connectivity index (χ4n) is 8.57. The Balaban J connectivity index is 0.899. The van der Waals surface area contributed by atoms with Gasteiger partial charge in [-0.3, -0.25) is 0 Å². The first-order chi connectivity index (χ1) is 31.7. The summed E-state index contributed by atoms with van der Waals surface area (Å²) in [4.78, 5) is 7.98. The third-order valence-electron chi connectivity index (χ3n) is 11.8. The van der Waals surface area contributed by atoms with Gasteiger partial charge in [0.2, 0.25) is 0 Å². The molecule has 8 heteroatoms. The van der Waals surface area contributed by atoms with E-state index in [2.05, 4.69) is 180 Å². The Hall–Kier alpha value is -8.88. The van der Waals surface area contributed by atoms with Crippen LogP contribution in [0, 0.1) is 0 Å². The maximum Gasteiger partial charge on any atom is 0.115 e. The first kappa shape index (κ1) is 36.9. The normalized spacial score (nSPS) is 11.4. The SMILES string of the molecule is c1ccc(-n2nc3ccc(N(c4ccc(-c5ccc(N(c6ccc7ccccc7c6)c6ccc7nn(-c8ccccc8)nc7c6)cc5)cc4)c4ccc5ccccc5c4)cc3n2)cc1. The maximum absolute atomic E-state index is 4.88. The molecule has 0 bridgehead atoms. The van der Waals surface area contributed by atoms with Gasteiger partial charge >= 0.3 is 0 Å². The summed E-state index contributed by atoms with van der Waals surface area (Å²) >= 11 is 0. The lowest BCUT2D eigenvalue weighted by molar-refractivity contribution is 0.765. The van der Waals surface area contributed by atoms with E-state index in [4.69, 9.17) is 20.4 Å². The summed E-state index contributed by atoms with van der Waals surface area (Å²) in [7, 11) is 0. The number of rotatable bonds is 9. The average Bonchev–Trinajstić information content (AvgIpc) is 4.00. The molecule has 0 aliphatic rings. The van der Waals surface area contributed by atoms with E-state index in [1.54, 1.807) is 9.59 Å². The summed E-state index contributed by atoms with van der Waals surface area (Å²) < 4.78 is 0. The van der Waals surface area contributed by atoms with Crippen LogP contribution in [-0.2, 0) is 0 Å². The Labute approximate surface area is 369 Å². The molecule has 2 aromatic heterocycles. The second-order valence-electron chi connectivity index (χ2n) is 15.8. The van der Waals surface area contributed by atoms with Crippen LogP contribution >= 0.6 is 0 Å². The molecule has 0 saturated carbocycles. The summed E-state index contributed by atoms with van der Waals surface area (Å²) in [5, 5.41) is 24.1. The lowest BCUT2D eigenvalue weighted by Gasteiger charge is -2.26. The highest BCUT2D eigenvalue weighted by molar-refractivity contribution is 5.93. The van der Waals surface area contributed by atoms with Gasteiger partial charge in [0.25, 0.3) is 0 Å². The monoisotopic (exact) mass is 822 g/mol. The predicted octanol–water partition coefficient (Wildman–Crippen LogP) is 14.1. The van der Waals surface area contributed by atoms with Gasteiger partial charge in [0, 0.05) is 34.1 Å². The van der Waals surface area contributed by atoms with Gasteiger partial charge in [0.1, 0.15) is 22.1 Å². The molecule has 0 aliphatic heterocycles. The molecule has 0 aliphatic carbocycles. The van der Waals surface area contributed by atoms with Crippen molar-refractivity contribution in [3.05, 3.63) is 231 Å². The molecule has 0 fully saturated rings. The Bertz CT molecular complexity index is 3380. The highest BCUT2D eigenvalue weighted by Gasteiger charge is 2.18. The Kier molecular flexibility index (Phi) is 8.97. The predicted molar refractivity (Wildman–Crippen MR) is 261 cm³/mol. The molecule has 10 aromatic carbocycles. The summed E-state index contributed by atoms with van der Waals surface area (Å²) in [6, 6.07) is 80.4. The molecule has 0 unspecified atom stereocenters. The highest BCUT2D eigenvalue weighted by atomic mass is 15.5. The van der Waals surface area contributed by atoms with E-state index in [1.807, 2.05) is 60.7 Å². The zero-order valence-electron chi connectivity index (χ0n) is 34.5. The highest BCUT2D eigenvalue weighted by Crippen LogP contribution is 2.40. The van der Waals surface area contributed by atoms with E-state index in [0.29, 0.717) is 0 Å². The zero-order chi connectivity index (χ0) is 42.4. The largest absolute Gasteiger partial charge is 0.310 e. The van der Waals surface area contributed by atoms with E-state index < -0.39 is 0 Å². The molecule has 0 radical (unpaired) electrons. The van der Waals surface area contributed by atoms with Gasteiger partial charge in [-0.2, -0.15) is 9.59 Å². The van der Waals surface area contributed by atoms with E-state index in [-0.39, 0.29) is 0 Å². The van der Waals surface area contributed by atoms with Crippen molar-refractivity contribution in [2.75, 3.05) is 9.80 Å². The average molecular weight is 823 g/mol. The van der Waals surface area contributed by atoms with Crippen LogP contribution in [0.4, 0.5) is 34.1 Å². The van der Waals surface area contributed by atoms with Crippen molar-refractivity contribution in [2.45, 2.75) is 0 Å². The minimum Gasteiger partial charge on any atom is -0.310 e. The van der Waals surface area contributed by atoms with Crippen molar-refractivity contribution in [3.8, 4) is 22.5 Å². The molecule has 0 atom stereocenters. The molecule has 0 amide bonds. The number of para-hydroxylation sites is 2. The van der Waals surface area contributed by atoms with E-state index in [1.165, 1.54) is 21.5 Å². The first-order valence-corrected chi connectivity index (χ1v) is 21.3. The molecule has 12 aromatic rings. The van der Waals surface area contributed by atoms with E-state index >= 15 is 0 Å². The second kappa shape index (κ2) is 15.5. The van der Waals surface area contributed by atoms with Gasteiger partial charge in [-0.25, -0.2) is 0 Å². The summed E-state index contributed by atoms with van der Waals surface area (Å²) in [5.41, 5.74) is 13.5. The van der Waals surface area contributed by atoms with Gasteiger partial charge in [-0.15, -0.1) is 20.4 Å². The van der Waals surface area contributed by atoms with Gasteiger partial charge < -0.3 is 9.80 Å². The third kappa shape index (κ3) is 6.85. The molecule has 64 heavy (non-hydrogen) atoms. The molecule has 0 N–H and O–H groups in total. The molecule has 2 heterocycles. The standard InChI is InChI=1S/C56H38N8/c1-3-15-47(16-4-1)63-57-53-33-31-51(37-55(53)59-63)61(49-29-23-39-11-7-9-13-43(39)35-49)45-25-19-41(20-26-45)42-21-27-46(28-22-42)62(50-30-24-40-12-8-10-14-44(40)36-50)52-32-34-54-56(38-52)60-64(58-54)48-17-5-2-6-18-48/h1-38H. The number of benzene rings is 10. The van der Waals surface area contributed by atoms with Gasteiger partial charge in [0.15, 0.2) is 0 Å². The zero-order valence-corrected chi connectivity index (χ0v) is 34.5. The molecule has 12 rings (SSSR count). The van der Waals surface area contributed by atoms with Crippen molar-refractivity contribution in [3.63, 3.8) is 0 Å². The number of hydrogen-bond acceptors (Lipinski definition) is 6. The van der Waals surface area contributed by atoms with Crippen LogP contribution in [0.25, 0.3) is 66.1 Å². The van der Waals surface area contributed by atoms with Gasteiger partial charge in [-0.1, -0.05) is 121 Å². The van der Waals surface area contributed by atoms with Crippen molar-refractivity contribution >= 4 is 77.7 Å². The van der Waals surface area contributed by atoms with Crippen LogP contribution in [0.15, 0.2) is 231 Å². The van der Waals surface area contributed by atoms with Crippen LogP contribution in [0.5, 0.6) is 0 Å². The maximum atomic E-state index is 4.88. The van der Waals surface area contributed by atoms with Crippen LogP contribution in [0.3, 0.4) is 0 Å². The summed E-state index contributed by atoms with van der Waals surface area (Å²) in [5.74, 6) is 0. The van der Waals surface area contributed by atoms with Crippen LogP contribution in [0.2, 0.25) is 0 Å².